The van der Waals surface area contributed by atoms with Crippen molar-refractivity contribution >= 4 is 17.7 Å². The van der Waals surface area contributed by atoms with Crippen LogP contribution in [0.1, 0.15) is 64.2 Å². The maximum absolute atomic E-state index is 11.7. The predicted octanol–water partition coefficient (Wildman–Crippen LogP) is 2.14. The molecule has 0 saturated heterocycles. The summed E-state index contributed by atoms with van der Waals surface area (Å²) < 4.78 is 0. The number of rotatable bonds is 4. The average molecular weight is 335 g/mol. The minimum absolute atomic E-state index is 0.0449. The van der Waals surface area contributed by atoms with E-state index >= 15 is 0 Å². The van der Waals surface area contributed by atoms with Crippen LogP contribution >= 0.6 is 0 Å². The zero-order chi connectivity index (χ0) is 18.1. The summed E-state index contributed by atoms with van der Waals surface area (Å²) >= 11 is 0. The quantitative estimate of drug-likeness (QED) is 0.670. The number of nitrogens with one attached hydrogen (secondary N) is 2. The van der Waals surface area contributed by atoms with E-state index in [1.807, 2.05) is 20.8 Å². The second kappa shape index (κ2) is 6.55. The van der Waals surface area contributed by atoms with Crippen molar-refractivity contribution in [1.29, 1.82) is 0 Å². The van der Waals surface area contributed by atoms with Crippen LogP contribution in [-0.2, 0) is 0 Å². The van der Waals surface area contributed by atoms with E-state index in [4.69, 9.17) is 5.73 Å². The molecule has 24 heavy (non-hydrogen) atoms. The molecule has 1 aromatic heterocycles. The molecule has 2 rings (SSSR count). The summed E-state index contributed by atoms with van der Waals surface area (Å²) in [6.45, 7) is 10.2. The molecule has 0 spiro atoms. The average Bonchev–Trinajstić information content (AvgIpc) is 2.41. The summed E-state index contributed by atoms with van der Waals surface area (Å²) in [5.74, 6) is 0.282. The van der Waals surface area contributed by atoms with Crippen LogP contribution in [0.5, 0.6) is 0 Å². The third-order valence-electron chi connectivity index (χ3n) is 4.43. The van der Waals surface area contributed by atoms with Gasteiger partial charge in [-0.15, -0.1) is 0 Å². The largest absolute Gasteiger partial charge is 0.392 e. The number of aliphatic hydroxyl groups excluding tert-OH is 1. The van der Waals surface area contributed by atoms with Gasteiger partial charge in [-0.25, -0.2) is 4.98 Å². The van der Waals surface area contributed by atoms with E-state index in [-0.39, 0.29) is 22.6 Å². The SMILES string of the molecule is CC(C)(C)Nc1ncc(C(N)=O)c(N[C@@H]2CCC(C)(C)[C@H](O)C2)n1. The lowest BCUT2D eigenvalue weighted by Gasteiger charge is -2.39. The van der Waals surface area contributed by atoms with Gasteiger partial charge in [0.05, 0.1) is 11.7 Å². The minimum Gasteiger partial charge on any atom is -0.392 e. The Balaban J connectivity index is 2.21. The van der Waals surface area contributed by atoms with E-state index in [0.717, 1.165) is 12.8 Å². The Kier molecular flexibility index (Phi) is 5.03. The van der Waals surface area contributed by atoms with Crippen LogP contribution in [0.4, 0.5) is 11.8 Å². The molecule has 1 heterocycles. The Morgan fingerprint density at radius 2 is 2.08 bits per heavy atom. The molecule has 1 aliphatic carbocycles. The van der Waals surface area contributed by atoms with Crippen LogP contribution in [0.25, 0.3) is 0 Å². The summed E-state index contributed by atoms with van der Waals surface area (Å²) in [7, 11) is 0. The maximum atomic E-state index is 11.7. The third-order valence-corrected chi connectivity index (χ3v) is 4.43. The maximum Gasteiger partial charge on any atom is 0.254 e. The molecule has 1 saturated carbocycles. The molecule has 0 unspecified atom stereocenters. The number of anilines is 2. The first-order valence-corrected chi connectivity index (χ1v) is 8.37. The molecule has 0 aliphatic heterocycles. The summed E-state index contributed by atoms with van der Waals surface area (Å²) in [6, 6.07) is 0.0449. The van der Waals surface area contributed by atoms with Crippen LogP contribution in [0.2, 0.25) is 0 Å². The van der Waals surface area contributed by atoms with Crippen molar-refractivity contribution in [1.82, 2.24) is 9.97 Å². The summed E-state index contributed by atoms with van der Waals surface area (Å²) in [4.78, 5) is 20.2. The number of amides is 1. The fourth-order valence-electron chi connectivity index (χ4n) is 2.81. The molecule has 134 valence electrons. The fourth-order valence-corrected chi connectivity index (χ4v) is 2.81. The van der Waals surface area contributed by atoms with Gasteiger partial charge in [0.15, 0.2) is 0 Å². The van der Waals surface area contributed by atoms with Gasteiger partial charge in [-0.2, -0.15) is 4.98 Å². The molecule has 1 amide bonds. The number of aromatic nitrogens is 2. The smallest absolute Gasteiger partial charge is 0.254 e. The lowest BCUT2D eigenvalue weighted by Crippen LogP contribution is -2.41. The standard InChI is InChI=1S/C17H29N5O2/c1-16(2,3)22-15-19-9-11(13(18)24)14(21-15)20-10-6-7-17(4,5)12(23)8-10/h9-10,12,23H,6-8H2,1-5H3,(H2,18,24)(H2,19,20,21,22)/t10-,12-/m1/s1. The fraction of sp³-hybridized carbons (Fsp3) is 0.706. The second-order valence-electron chi connectivity index (χ2n) is 8.32. The molecule has 0 radical (unpaired) electrons. The van der Waals surface area contributed by atoms with Gasteiger partial charge in [-0.3, -0.25) is 4.79 Å². The van der Waals surface area contributed by atoms with Crippen molar-refractivity contribution < 1.29 is 9.90 Å². The Hall–Kier alpha value is -1.89. The van der Waals surface area contributed by atoms with Gasteiger partial charge in [0.25, 0.3) is 5.91 Å². The summed E-state index contributed by atoms with van der Waals surface area (Å²) in [6.07, 6.45) is 3.45. The Labute approximate surface area is 143 Å². The molecule has 1 fully saturated rings. The van der Waals surface area contributed by atoms with E-state index < -0.39 is 12.0 Å². The summed E-state index contributed by atoms with van der Waals surface area (Å²) in [5.41, 5.74) is 5.41. The Morgan fingerprint density at radius 3 is 2.62 bits per heavy atom. The molecule has 0 bridgehead atoms. The van der Waals surface area contributed by atoms with Gasteiger partial charge < -0.3 is 21.5 Å². The van der Waals surface area contributed by atoms with E-state index in [0.29, 0.717) is 18.2 Å². The second-order valence-corrected chi connectivity index (χ2v) is 8.32. The molecule has 0 aromatic carbocycles. The van der Waals surface area contributed by atoms with Crippen LogP contribution in [0, 0.1) is 5.41 Å². The highest BCUT2D eigenvalue weighted by Gasteiger charge is 2.35. The molecule has 5 N–H and O–H groups in total. The lowest BCUT2D eigenvalue weighted by molar-refractivity contribution is 0.00912. The number of hydrogen-bond donors (Lipinski definition) is 4. The van der Waals surface area contributed by atoms with Crippen molar-refractivity contribution in [2.24, 2.45) is 11.1 Å². The number of nitrogens with two attached hydrogens (primary N) is 1. The van der Waals surface area contributed by atoms with Crippen molar-refractivity contribution in [3.8, 4) is 0 Å². The highest BCUT2D eigenvalue weighted by atomic mass is 16.3. The zero-order valence-corrected chi connectivity index (χ0v) is 15.2. The molecule has 7 heteroatoms. The Bertz CT molecular complexity index is 609. The number of carbonyl (C=O) groups is 1. The van der Waals surface area contributed by atoms with E-state index in [2.05, 4.69) is 34.4 Å². The highest BCUT2D eigenvalue weighted by Crippen LogP contribution is 2.36. The van der Waals surface area contributed by atoms with Gasteiger partial charge >= 0.3 is 0 Å². The van der Waals surface area contributed by atoms with Crippen LogP contribution in [-0.4, -0.2) is 38.7 Å². The number of nitrogens with zero attached hydrogens (tertiary/aromatic N) is 2. The van der Waals surface area contributed by atoms with E-state index in [9.17, 15) is 9.90 Å². The van der Waals surface area contributed by atoms with Crippen molar-refractivity contribution in [2.45, 2.75) is 71.6 Å². The van der Waals surface area contributed by atoms with Crippen molar-refractivity contribution in [3.05, 3.63) is 11.8 Å². The van der Waals surface area contributed by atoms with Crippen molar-refractivity contribution in [2.75, 3.05) is 10.6 Å². The topological polar surface area (TPSA) is 113 Å². The van der Waals surface area contributed by atoms with Gasteiger partial charge in [0.1, 0.15) is 5.82 Å². The molecule has 2 atom stereocenters. The first-order valence-electron chi connectivity index (χ1n) is 8.37. The first kappa shape index (κ1) is 18.4. The molecular formula is C17H29N5O2. The van der Waals surface area contributed by atoms with Crippen LogP contribution in [0.3, 0.4) is 0 Å². The minimum atomic E-state index is -0.573. The first-order chi connectivity index (χ1) is 11.0. The number of hydrogen-bond acceptors (Lipinski definition) is 6. The number of primary amides is 1. The van der Waals surface area contributed by atoms with Gasteiger partial charge in [0, 0.05) is 17.8 Å². The van der Waals surface area contributed by atoms with Crippen LogP contribution in [0.15, 0.2) is 6.20 Å². The van der Waals surface area contributed by atoms with Crippen LogP contribution < -0.4 is 16.4 Å². The lowest BCUT2D eigenvalue weighted by atomic mass is 9.73. The molecular weight excluding hydrogens is 306 g/mol. The molecule has 7 nitrogen and oxygen atoms in total. The monoisotopic (exact) mass is 335 g/mol. The number of aliphatic hydroxyl groups is 1. The van der Waals surface area contributed by atoms with Gasteiger partial charge in [0.2, 0.25) is 5.95 Å². The van der Waals surface area contributed by atoms with E-state index in [1.54, 1.807) is 0 Å². The van der Waals surface area contributed by atoms with Gasteiger partial charge in [-0.1, -0.05) is 13.8 Å². The Morgan fingerprint density at radius 1 is 1.42 bits per heavy atom. The predicted molar refractivity (Wildman–Crippen MR) is 95.0 cm³/mol. The molecule has 1 aromatic rings. The van der Waals surface area contributed by atoms with Gasteiger partial charge in [-0.05, 0) is 45.4 Å². The normalized spacial score (nSPS) is 23.6. The summed E-state index contributed by atoms with van der Waals surface area (Å²) in [5, 5.41) is 16.8. The third kappa shape index (κ3) is 4.56. The van der Waals surface area contributed by atoms with E-state index in [1.165, 1.54) is 6.20 Å². The van der Waals surface area contributed by atoms with Crippen molar-refractivity contribution in [3.63, 3.8) is 0 Å². The zero-order valence-electron chi connectivity index (χ0n) is 15.2. The molecule has 1 aliphatic rings. The number of carbonyl (C=O) groups excluding carboxylic acids is 1. The highest BCUT2D eigenvalue weighted by molar-refractivity contribution is 5.97.